The summed E-state index contributed by atoms with van der Waals surface area (Å²) in [5.74, 6) is 0.242. The number of ether oxygens (including phenoxy) is 1. The summed E-state index contributed by atoms with van der Waals surface area (Å²) in [6.07, 6.45) is 4.52. The molecular weight excluding hydrogens is 535 g/mol. The number of para-hydroxylation sites is 1. The SMILES string of the molecule is CCNC(C)(C)/C=C(\C#N)C(=O)N1CCC[C@H]1Cn1nc(-c2ccc(Oc3ccccc3)cc2F)c2c(N)ncnc21. The number of likely N-dealkylation sites (N-methyl/N-ethyl adjacent to an activating group) is 1. The largest absolute Gasteiger partial charge is 0.457 e. The summed E-state index contributed by atoms with van der Waals surface area (Å²) in [5.41, 5.74) is 6.78. The first-order chi connectivity index (χ1) is 20.2. The number of carbonyl (C=O) groups excluding carboxylic acids is 1. The van der Waals surface area contributed by atoms with E-state index in [0.29, 0.717) is 47.9 Å². The maximum atomic E-state index is 15.5. The first-order valence-corrected chi connectivity index (χ1v) is 13.9. The highest BCUT2D eigenvalue weighted by atomic mass is 19.1. The fraction of sp³-hybridized carbons (Fsp3) is 0.323. The molecule has 0 saturated carbocycles. The number of likely N-dealkylation sites (tertiary alicyclic amines) is 1. The molecule has 10 nitrogen and oxygen atoms in total. The number of anilines is 1. The van der Waals surface area contributed by atoms with Gasteiger partial charge in [-0.1, -0.05) is 25.1 Å². The van der Waals surface area contributed by atoms with Crippen molar-refractivity contribution in [2.75, 3.05) is 18.8 Å². The van der Waals surface area contributed by atoms with Crippen molar-refractivity contribution in [3.8, 4) is 28.8 Å². The first kappa shape index (κ1) is 28.7. The van der Waals surface area contributed by atoms with Crippen molar-refractivity contribution >= 4 is 22.8 Å². The number of hydrogen-bond acceptors (Lipinski definition) is 8. The number of nitrogens with one attached hydrogen (secondary N) is 1. The fourth-order valence-corrected chi connectivity index (χ4v) is 5.38. The predicted octanol–water partition coefficient (Wildman–Crippen LogP) is 4.84. The van der Waals surface area contributed by atoms with Gasteiger partial charge in [0.25, 0.3) is 5.91 Å². The van der Waals surface area contributed by atoms with Crippen LogP contribution in [0, 0.1) is 17.1 Å². The molecule has 2 aromatic heterocycles. The van der Waals surface area contributed by atoms with E-state index in [4.69, 9.17) is 15.6 Å². The summed E-state index contributed by atoms with van der Waals surface area (Å²) < 4.78 is 22.9. The highest BCUT2D eigenvalue weighted by Crippen LogP contribution is 2.35. The molecule has 42 heavy (non-hydrogen) atoms. The Bertz CT molecular complexity index is 1680. The van der Waals surface area contributed by atoms with Crippen LogP contribution in [0.2, 0.25) is 0 Å². The Labute approximate surface area is 243 Å². The molecule has 4 aromatic rings. The molecule has 5 rings (SSSR count). The summed E-state index contributed by atoms with van der Waals surface area (Å²) >= 11 is 0. The van der Waals surface area contributed by atoms with Crippen LogP contribution in [-0.2, 0) is 11.3 Å². The van der Waals surface area contributed by atoms with Crippen LogP contribution in [0.25, 0.3) is 22.3 Å². The monoisotopic (exact) mass is 568 g/mol. The summed E-state index contributed by atoms with van der Waals surface area (Å²) in [4.78, 5) is 23.7. The van der Waals surface area contributed by atoms with Crippen LogP contribution in [0.15, 0.2) is 66.5 Å². The number of nitriles is 1. The van der Waals surface area contributed by atoms with Gasteiger partial charge in [0.1, 0.15) is 46.8 Å². The normalized spacial score (nSPS) is 15.6. The number of carbonyl (C=O) groups is 1. The Kier molecular flexibility index (Phi) is 8.17. The van der Waals surface area contributed by atoms with E-state index in [1.165, 1.54) is 12.4 Å². The number of aromatic nitrogens is 4. The zero-order chi connectivity index (χ0) is 29.9. The average Bonchev–Trinajstić information content (AvgIpc) is 3.58. The Hall–Kier alpha value is -4.82. The standard InChI is InChI=1S/C31H33FN8O2/c1-4-37-31(2,3)16-20(17-33)30(41)39-14-8-9-21(39)18-40-29-26(28(34)35-19-36-29)27(38-40)24-13-12-23(15-25(24)32)42-22-10-6-5-7-11-22/h5-7,10-13,15-16,19,21,37H,4,8-9,14,18H2,1-3H3,(H2,34,35,36)/b20-16+/t21-/m0/s1. The lowest BCUT2D eigenvalue weighted by atomic mass is 10.0. The molecular formula is C31H33FN8O2. The average molecular weight is 569 g/mol. The lowest BCUT2D eigenvalue weighted by molar-refractivity contribution is -0.127. The molecule has 1 atom stereocenters. The minimum atomic E-state index is -0.539. The van der Waals surface area contributed by atoms with E-state index in [0.717, 1.165) is 12.8 Å². The molecule has 1 fully saturated rings. The zero-order valence-corrected chi connectivity index (χ0v) is 23.8. The molecule has 1 amide bonds. The molecule has 0 radical (unpaired) electrons. The van der Waals surface area contributed by atoms with Gasteiger partial charge < -0.3 is 20.7 Å². The molecule has 0 aliphatic carbocycles. The van der Waals surface area contributed by atoms with E-state index in [-0.39, 0.29) is 28.9 Å². The molecule has 1 saturated heterocycles. The lowest BCUT2D eigenvalue weighted by Gasteiger charge is -2.26. The third-order valence-electron chi connectivity index (χ3n) is 7.24. The van der Waals surface area contributed by atoms with Crippen LogP contribution in [0.5, 0.6) is 11.5 Å². The Morgan fingerprint density at radius 3 is 2.74 bits per heavy atom. The Morgan fingerprint density at radius 1 is 1.24 bits per heavy atom. The van der Waals surface area contributed by atoms with E-state index in [1.54, 1.807) is 39.9 Å². The van der Waals surface area contributed by atoms with Crippen molar-refractivity contribution in [3.63, 3.8) is 0 Å². The summed E-state index contributed by atoms with van der Waals surface area (Å²) in [6, 6.07) is 15.5. The van der Waals surface area contributed by atoms with Crippen molar-refractivity contribution in [3.05, 3.63) is 72.3 Å². The molecule has 0 spiro atoms. The van der Waals surface area contributed by atoms with E-state index >= 15 is 4.39 Å². The van der Waals surface area contributed by atoms with Crippen LogP contribution in [0.3, 0.4) is 0 Å². The summed E-state index contributed by atoms with van der Waals surface area (Å²) in [5, 5.41) is 18.2. The summed E-state index contributed by atoms with van der Waals surface area (Å²) in [7, 11) is 0. The van der Waals surface area contributed by atoms with Gasteiger partial charge >= 0.3 is 0 Å². The van der Waals surface area contributed by atoms with Crippen LogP contribution in [0.1, 0.15) is 33.6 Å². The van der Waals surface area contributed by atoms with Crippen LogP contribution in [-0.4, -0.2) is 55.2 Å². The highest BCUT2D eigenvalue weighted by molar-refractivity contribution is 5.99. The van der Waals surface area contributed by atoms with Crippen molar-refractivity contribution in [1.29, 1.82) is 5.26 Å². The minimum Gasteiger partial charge on any atom is -0.457 e. The van der Waals surface area contributed by atoms with Crippen molar-refractivity contribution in [1.82, 2.24) is 30.0 Å². The van der Waals surface area contributed by atoms with E-state index in [2.05, 4.69) is 21.4 Å². The number of fused-ring (bicyclic) bond motifs is 1. The lowest BCUT2D eigenvalue weighted by Crippen LogP contribution is -2.41. The minimum absolute atomic E-state index is 0.0883. The van der Waals surface area contributed by atoms with Gasteiger partial charge in [0.2, 0.25) is 0 Å². The van der Waals surface area contributed by atoms with Crippen LogP contribution in [0.4, 0.5) is 10.2 Å². The maximum absolute atomic E-state index is 15.5. The van der Waals surface area contributed by atoms with Crippen molar-refractivity contribution in [2.24, 2.45) is 0 Å². The smallest absolute Gasteiger partial charge is 0.264 e. The van der Waals surface area contributed by atoms with Crippen LogP contribution < -0.4 is 15.8 Å². The zero-order valence-electron chi connectivity index (χ0n) is 23.8. The molecule has 0 bridgehead atoms. The third-order valence-corrected chi connectivity index (χ3v) is 7.24. The number of nitrogens with two attached hydrogens (primary N) is 1. The van der Waals surface area contributed by atoms with E-state index < -0.39 is 11.4 Å². The van der Waals surface area contributed by atoms with Crippen molar-refractivity contribution < 1.29 is 13.9 Å². The number of nitrogens with zero attached hydrogens (tertiary/aromatic N) is 6. The van der Waals surface area contributed by atoms with Gasteiger partial charge in [-0.25, -0.2) is 19.0 Å². The van der Waals surface area contributed by atoms with Crippen molar-refractivity contribution in [2.45, 2.75) is 51.7 Å². The Morgan fingerprint density at radius 2 is 2.02 bits per heavy atom. The molecule has 1 aliphatic rings. The number of hydrogen-bond donors (Lipinski definition) is 2. The van der Waals surface area contributed by atoms with Gasteiger partial charge in [-0.3, -0.25) is 4.79 Å². The van der Waals surface area contributed by atoms with E-state index in [1.807, 2.05) is 39.0 Å². The number of halogens is 1. The Balaban J connectivity index is 1.45. The molecule has 11 heteroatoms. The predicted molar refractivity (Wildman–Crippen MR) is 158 cm³/mol. The maximum Gasteiger partial charge on any atom is 0.264 e. The molecule has 1 aliphatic heterocycles. The molecule has 0 unspecified atom stereocenters. The van der Waals surface area contributed by atoms with Gasteiger partial charge in [0.05, 0.1) is 18.0 Å². The molecule has 216 valence electrons. The number of rotatable bonds is 9. The van der Waals surface area contributed by atoms with E-state index in [9.17, 15) is 10.1 Å². The second-order valence-corrected chi connectivity index (χ2v) is 10.8. The molecule has 2 aromatic carbocycles. The molecule has 3 N–H and O–H groups in total. The highest BCUT2D eigenvalue weighted by Gasteiger charge is 2.33. The second-order valence-electron chi connectivity index (χ2n) is 10.8. The van der Waals surface area contributed by atoms with Gasteiger partial charge in [-0.05, 0) is 63.6 Å². The first-order valence-electron chi connectivity index (χ1n) is 13.9. The quantitative estimate of drug-likeness (QED) is 0.216. The number of benzene rings is 2. The summed E-state index contributed by atoms with van der Waals surface area (Å²) in [6.45, 7) is 7.33. The molecule has 3 heterocycles. The van der Waals surface area contributed by atoms with Gasteiger partial charge in [-0.15, -0.1) is 0 Å². The number of amides is 1. The second kappa shape index (κ2) is 12.0. The van der Waals surface area contributed by atoms with Crippen LogP contribution >= 0.6 is 0 Å². The number of nitrogen functional groups attached to an aromatic ring is 1. The topological polar surface area (TPSA) is 135 Å². The fourth-order valence-electron chi connectivity index (χ4n) is 5.38. The van der Waals surface area contributed by atoms with Gasteiger partial charge in [-0.2, -0.15) is 10.4 Å². The third kappa shape index (κ3) is 5.94. The van der Waals surface area contributed by atoms with Gasteiger partial charge in [0, 0.05) is 23.7 Å². The van der Waals surface area contributed by atoms with Gasteiger partial charge in [0.15, 0.2) is 5.65 Å².